The van der Waals surface area contributed by atoms with Gasteiger partial charge in [0.15, 0.2) is 0 Å². The van der Waals surface area contributed by atoms with Gasteiger partial charge in [-0.2, -0.15) is 0 Å². The van der Waals surface area contributed by atoms with Crippen molar-refractivity contribution in [2.24, 2.45) is 0 Å². The van der Waals surface area contributed by atoms with E-state index in [1.807, 2.05) is 36.4 Å². The van der Waals surface area contributed by atoms with E-state index in [0.29, 0.717) is 0 Å². The molecular weight excluding hydrogens is 234 g/mol. The van der Waals surface area contributed by atoms with E-state index in [1.165, 1.54) is 31.3 Å². The second-order valence-corrected chi connectivity index (χ2v) is 4.89. The predicted molar refractivity (Wildman–Crippen MR) is 79.7 cm³/mol. The minimum atomic E-state index is -0.0136. The van der Waals surface area contributed by atoms with Crippen LogP contribution in [0.4, 0.5) is 0 Å². The van der Waals surface area contributed by atoms with Crippen molar-refractivity contribution in [2.75, 3.05) is 6.54 Å². The molecule has 0 fully saturated rings. The first-order valence-corrected chi connectivity index (χ1v) is 7.03. The van der Waals surface area contributed by atoms with E-state index < -0.39 is 0 Å². The number of allylic oxidation sites excluding steroid dienone is 1. The highest BCUT2D eigenvalue weighted by Crippen LogP contribution is 2.19. The lowest BCUT2D eigenvalue weighted by molar-refractivity contribution is -0.116. The van der Waals surface area contributed by atoms with Crippen LogP contribution in [0.1, 0.15) is 37.7 Å². The van der Waals surface area contributed by atoms with Crippen molar-refractivity contribution in [1.29, 1.82) is 0 Å². The molecule has 0 spiro atoms. The maximum Gasteiger partial charge on any atom is 0.244 e. The van der Waals surface area contributed by atoms with Crippen LogP contribution < -0.4 is 5.32 Å². The smallest absolute Gasteiger partial charge is 0.244 e. The molecule has 0 atom stereocenters. The highest BCUT2D eigenvalue weighted by atomic mass is 16.1. The number of carbonyl (C=O) groups excluding carboxylic acids is 1. The summed E-state index contributed by atoms with van der Waals surface area (Å²) in [6.45, 7) is 0.740. The Hall–Kier alpha value is -1.83. The molecule has 1 aliphatic carbocycles. The molecule has 0 heterocycles. The molecule has 1 N–H and O–H groups in total. The molecule has 0 aromatic heterocycles. The van der Waals surface area contributed by atoms with Crippen LogP contribution >= 0.6 is 0 Å². The van der Waals surface area contributed by atoms with Gasteiger partial charge >= 0.3 is 0 Å². The van der Waals surface area contributed by atoms with Crippen LogP contribution in [0, 0.1) is 0 Å². The molecule has 0 unspecified atom stereocenters. The van der Waals surface area contributed by atoms with Crippen molar-refractivity contribution < 1.29 is 4.79 Å². The Bertz CT molecular complexity index is 459. The fraction of sp³-hybridized carbons (Fsp3) is 0.353. The average Bonchev–Trinajstić information content (AvgIpc) is 2.47. The van der Waals surface area contributed by atoms with E-state index in [4.69, 9.17) is 0 Å². The zero-order chi connectivity index (χ0) is 13.3. The van der Waals surface area contributed by atoms with Crippen LogP contribution in [0.25, 0.3) is 6.08 Å². The van der Waals surface area contributed by atoms with Gasteiger partial charge in [0, 0.05) is 12.6 Å². The Kier molecular flexibility index (Phi) is 5.42. The Balaban J connectivity index is 1.70. The summed E-state index contributed by atoms with van der Waals surface area (Å²) in [6.07, 6.45) is 11.8. The summed E-state index contributed by atoms with van der Waals surface area (Å²) >= 11 is 0. The Labute approximate surface area is 115 Å². The van der Waals surface area contributed by atoms with E-state index >= 15 is 0 Å². The van der Waals surface area contributed by atoms with Crippen LogP contribution in [0.15, 0.2) is 48.1 Å². The summed E-state index contributed by atoms with van der Waals surface area (Å²) in [5.74, 6) is -0.0136. The molecule has 0 bridgehead atoms. The van der Waals surface area contributed by atoms with Crippen molar-refractivity contribution >= 4 is 12.0 Å². The number of benzene rings is 1. The van der Waals surface area contributed by atoms with Gasteiger partial charge in [-0.15, -0.1) is 0 Å². The largest absolute Gasteiger partial charge is 0.352 e. The minimum Gasteiger partial charge on any atom is -0.352 e. The fourth-order valence-electron chi connectivity index (χ4n) is 2.27. The van der Waals surface area contributed by atoms with E-state index in [-0.39, 0.29) is 5.91 Å². The average molecular weight is 255 g/mol. The number of hydrogen-bond acceptors (Lipinski definition) is 1. The molecule has 0 saturated heterocycles. The van der Waals surface area contributed by atoms with Gasteiger partial charge in [-0.05, 0) is 43.7 Å². The molecule has 2 heteroatoms. The zero-order valence-electron chi connectivity index (χ0n) is 11.3. The molecule has 0 saturated carbocycles. The van der Waals surface area contributed by atoms with E-state index in [0.717, 1.165) is 18.5 Å². The third kappa shape index (κ3) is 5.12. The molecule has 2 nitrogen and oxygen atoms in total. The topological polar surface area (TPSA) is 29.1 Å². The molecule has 0 radical (unpaired) electrons. The third-order valence-corrected chi connectivity index (χ3v) is 3.36. The third-order valence-electron chi connectivity index (χ3n) is 3.36. The van der Waals surface area contributed by atoms with Crippen LogP contribution in [-0.2, 0) is 4.79 Å². The standard InChI is InChI=1S/C17H21NO/c19-17(12-11-15-7-3-1-4-8-15)18-14-13-16-9-5-2-6-10-16/h1,3-4,7-9,11-12H,2,5-6,10,13-14H2,(H,18,19)/b12-11+. The van der Waals surface area contributed by atoms with Crippen molar-refractivity contribution in [2.45, 2.75) is 32.1 Å². The lowest BCUT2D eigenvalue weighted by atomic mass is 9.97. The second kappa shape index (κ2) is 7.57. The number of nitrogens with one attached hydrogen (secondary N) is 1. The van der Waals surface area contributed by atoms with Crippen molar-refractivity contribution in [3.05, 3.63) is 53.6 Å². The molecule has 1 aromatic carbocycles. The van der Waals surface area contributed by atoms with Gasteiger partial charge in [0.1, 0.15) is 0 Å². The molecule has 1 aliphatic rings. The molecule has 1 aromatic rings. The summed E-state index contributed by atoms with van der Waals surface area (Å²) in [6, 6.07) is 9.86. The first-order chi connectivity index (χ1) is 9.34. The van der Waals surface area contributed by atoms with Gasteiger partial charge in [0.2, 0.25) is 5.91 Å². The van der Waals surface area contributed by atoms with Crippen LogP contribution in [-0.4, -0.2) is 12.5 Å². The summed E-state index contributed by atoms with van der Waals surface area (Å²) < 4.78 is 0. The van der Waals surface area contributed by atoms with Crippen LogP contribution in [0.5, 0.6) is 0 Å². The SMILES string of the molecule is O=C(/C=C/c1ccccc1)NCCC1=CCCCC1. The Morgan fingerprint density at radius 3 is 2.79 bits per heavy atom. The molecular formula is C17H21NO. The summed E-state index contributed by atoms with van der Waals surface area (Å²) in [5, 5.41) is 2.93. The predicted octanol–water partition coefficient (Wildman–Crippen LogP) is 3.71. The highest BCUT2D eigenvalue weighted by Gasteiger charge is 2.03. The van der Waals surface area contributed by atoms with Crippen LogP contribution in [0.3, 0.4) is 0 Å². The normalized spacial score (nSPS) is 15.3. The van der Waals surface area contributed by atoms with Gasteiger partial charge < -0.3 is 5.32 Å². The first-order valence-electron chi connectivity index (χ1n) is 7.03. The lowest BCUT2D eigenvalue weighted by Crippen LogP contribution is -2.22. The number of hydrogen-bond donors (Lipinski definition) is 1. The maximum absolute atomic E-state index is 11.6. The Morgan fingerprint density at radius 1 is 1.21 bits per heavy atom. The van der Waals surface area contributed by atoms with Crippen molar-refractivity contribution in [3.8, 4) is 0 Å². The molecule has 0 aliphatic heterocycles. The minimum absolute atomic E-state index is 0.0136. The molecule has 100 valence electrons. The van der Waals surface area contributed by atoms with Crippen LogP contribution in [0.2, 0.25) is 0 Å². The summed E-state index contributed by atoms with van der Waals surface area (Å²) in [4.78, 5) is 11.6. The summed E-state index contributed by atoms with van der Waals surface area (Å²) in [7, 11) is 0. The first kappa shape index (κ1) is 13.6. The van der Waals surface area contributed by atoms with E-state index in [9.17, 15) is 4.79 Å². The molecule has 1 amide bonds. The highest BCUT2D eigenvalue weighted by molar-refractivity contribution is 5.91. The number of rotatable bonds is 5. The zero-order valence-corrected chi connectivity index (χ0v) is 11.3. The second-order valence-electron chi connectivity index (χ2n) is 4.89. The van der Waals surface area contributed by atoms with Crippen molar-refractivity contribution in [1.82, 2.24) is 5.32 Å². The summed E-state index contributed by atoms with van der Waals surface area (Å²) in [5.41, 5.74) is 2.55. The van der Waals surface area contributed by atoms with Crippen molar-refractivity contribution in [3.63, 3.8) is 0 Å². The number of carbonyl (C=O) groups is 1. The van der Waals surface area contributed by atoms with Gasteiger partial charge in [-0.1, -0.05) is 42.0 Å². The monoisotopic (exact) mass is 255 g/mol. The lowest BCUT2D eigenvalue weighted by Gasteiger charge is -2.12. The van der Waals surface area contributed by atoms with Gasteiger partial charge in [0.05, 0.1) is 0 Å². The maximum atomic E-state index is 11.6. The van der Waals surface area contributed by atoms with Gasteiger partial charge in [0.25, 0.3) is 0 Å². The number of amides is 1. The fourth-order valence-corrected chi connectivity index (χ4v) is 2.27. The molecule has 19 heavy (non-hydrogen) atoms. The van der Waals surface area contributed by atoms with Gasteiger partial charge in [-0.25, -0.2) is 0 Å². The van der Waals surface area contributed by atoms with E-state index in [2.05, 4.69) is 11.4 Å². The molecule has 2 rings (SSSR count). The quantitative estimate of drug-likeness (QED) is 0.630. The van der Waals surface area contributed by atoms with E-state index in [1.54, 1.807) is 6.08 Å². The van der Waals surface area contributed by atoms with Gasteiger partial charge in [-0.3, -0.25) is 4.79 Å². The Morgan fingerprint density at radius 2 is 2.05 bits per heavy atom.